The Morgan fingerprint density at radius 1 is 0.966 bits per heavy atom. The molecule has 29 heavy (non-hydrogen) atoms. The first-order valence-corrected chi connectivity index (χ1v) is 10.4. The predicted molar refractivity (Wildman–Crippen MR) is 120 cm³/mol. The molecule has 3 N–H and O–H groups in total. The summed E-state index contributed by atoms with van der Waals surface area (Å²) in [7, 11) is 0. The third kappa shape index (κ3) is 4.47. The molecule has 0 saturated carbocycles. The highest BCUT2D eigenvalue weighted by Crippen LogP contribution is 2.33. The summed E-state index contributed by atoms with van der Waals surface area (Å²) in [5.41, 5.74) is 4.04. The van der Waals surface area contributed by atoms with E-state index in [-0.39, 0.29) is 18.0 Å². The van der Waals surface area contributed by atoms with Crippen LogP contribution in [0.4, 0.5) is 0 Å². The van der Waals surface area contributed by atoms with E-state index in [1.165, 1.54) is 0 Å². The molecule has 0 spiro atoms. The summed E-state index contributed by atoms with van der Waals surface area (Å²) in [5, 5.41) is 17.6. The van der Waals surface area contributed by atoms with Gasteiger partial charge in [0.2, 0.25) is 0 Å². The van der Waals surface area contributed by atoms with Crippen molar-refractivity contribution in [3.8, 4) is 11.5 Å². The molecule has 1 aliphatic rings. The number of nitrogens with one attached hydrogen (secondary N) is 2. The van der Waals surface area contributed by atoms with E-state index in [9.17, 15) is 5.11 Å². The van der Waals surface area contributed by atoms with Gasteiger partial charge in [0.25, 0.3) is 0 Å². The van der Waals surface area contributed by atoms with Crippen LogP contribution in [0, 0.1) is 0 Å². The van der Waals surface area contributed by atoms with Crippen molar-refractivity contribution in [3.05, 3.63) is 100 Å². The number of phenols is 1. The molecular formula is C24H23BrN2O2. The Bertz CT molecular complexity index is 1000. The van der Waals surface area contributed by atoms with Crippen molar-refractivity contribution in [1.29, 1.82) is 0 Å². The Morgan fingerprint density at radius 3 is 2.38 bits per heavy atom. The second-order valence-electron chi connectivity index (χ2n) is 6.87. The van der Waals surface area contributed by atoms with E-state index in [2.05, 4.69) is 56.9 Å². The second-order valence-corrected chi connectivity index (χ2v) is 7.79. The number of hydrogen-bond donors (Lipinski definition) is 3. The minimum absolute atomic E-state index is 0.0979. The fraction of sp³-hybridized carbons (Fsp3) is 0.167. The Kier molecular flexibility index (Phi) is 5.88. The molecule has 3 aromatic carbocycles. The Hall–Kier alpha value is -2.76. The maximum Gasteiger partial charge on any atom is 0.120 e. The Morgan fingerprint density at radius 2 is 1.69 bits per heavy atom. The van der Waals surface area contributed by atoms with Crippen molar-refractivity contribution in [1.82, 2.24) is 10.6 Å². The van der Waals surface area contributed by atoms with E-state index in [1.54, 1.807) is 6.07 Å². The van der Waals surface area contributed by atoms with Gasteiger partial charge in [-0.15, -0.1) is 0 Å². The van der Waals surface area contributed by atoms with Crippen LogP contribution < -0.4 is 15.4 Å². The van der Waals surface area contributed by atoms with Crippen LogP contribution in [-0.2, 0) is 0 Å². The highest BCUT2D eigenvalue weighted by atomic mass is 79.9. The zero-order chi connectivity index (χ0) is 20.2. The van der Waals surface area contributed by atoms with Crippen LogP contribution in [0.5, 0.6) is 11.5 Å². The molecule has 148 valence electrons. The monoisotopic (exact) mass is 450 g/mol. The van der Waals surface area contributed by atoms with E-state index in [4.69, 9.17) is 4.74 Å². The molecular weight excluding hydrogens is 428 g/mol. The molecule has 1 aliphatic heterocycles. The fourth-order valence-corrected chi connectivity index (χ4v) is 3.75. The maximum atomic E-state index is 10.4. The van der Waals surface area contributed by atoms with Gasteiger partial charge in [-0.1, -0.05) is 46.3 Å². The number of aromatic hydroxyl groups is 1. The van der Waals surface area contributed by atoms with Crippen molar-refractivity contribution < 1.29 is 9.84 Å². The van der Waals surface area contributed by atoms with Crippen LogP contribution in [0.1, 0.15) is 35.8 Å². The molecule has 0 amide bonds. The topological polar surface area (TPSA) is 53.5 Å². The minimum Gasteiger partial charge on any atom is -0.508 e. The molecule has 0 radical (unpaired) electrons. The second kappa shape index (κ2) is 8.72. The highest BCUT2D eigenvalue weighted by Gasteiger charge is 2.25. The molecule has 1 heterocycles. The van der Waals surface area contributed by atoms with Gasteiger partial charge in [-0.3, -0.25) is 5.32 Å². The van der Waals surface area contributed by atoms with E-state index in [0.717, 1.165) is 32.6 Å². The van der Waals surface area contributed by atoms with Gasteiger partial charge < -0.3 is 15.2 Å². The lowest BCUT2D eigenvalue weighted by molar-refractivity contribution is 0.340. The van der Waals surface area contributed by atoms with Crippen LogP contribution >= 0.6 is 15.9 Å². The summed E-state index contributed by atoms with van der Waals surface area (Å²) < 4.78 is 6.60. The van der Waals surface area contributed by atoms with Gasteiger partial charge in [0.05, 0.1) is 12.6 Å². The van der Waals surface area contributed by atoms with Crippen molar-refractivity contribution in [2.45, 2.75) is 19.1 Å². The SMILES string of the molecule is CCOc1ccc(C2=CC(c3ccccc3O)NC(c3ccc(Br)cc3)N2)cc1. The molecule has 4 rings (SSSR count). The standard InChI is InChI=1S/C24H23BrN2O2/c1-2-29-19-13-9-16(10-14-19)21-15-22(20-5-3-4-6-23(20)28)27-24(26-21)17-7-11-18(25)12-8-17/h3-15,22,24,26-28H,2H2,1H3. The first kappa shape index (κ1) is 19.6. The highest BCUT2D eigenvalue weighted by molar-refractivity contribution is 9.10. The summed E-state index contributed by atoms with van der Waals surface area (Å²) >= 11 is 3.50. The summed E-state index contributed by atoms with van der Waals surface area (Å²) in [5.74, 6) is 1.14. The fourth-order valence-electron chi connectivity index (χ4n) is 3.48. The maximum absolute atomic E-state index is 10.4. The van der Waals surface area contributed by atoms with Gasteiger partial charge in [0, 0.05) is 15.7 Å². The van der Waals surface area contributed by atoms with Crippen LogP contribution in [0.15, 0.2) is 83.3 Å². The average Bonchev–Trinajstić information content (AvgIpc) is 2.75. The molecule has 0 aliphatic carbocycles. The van der Waals surface area contributed by atoms with Gasteiger partial charge in [-0.2, -0.15) is 0 Å². The Balaban J connectivity index is 1.71. The molecule has 0 bridgehead atoms. The van der Waals surface area contributed by atoms with Crippen molar-refractivity contribution in [2.75, 3.05) is 6.61 Å². The molecule has 3 aromatic rings. The van der Waals surface area contributed by atoms with E-state index >= 15 is 0 Å². The van der Waals surface area contributed by atoms with Gasteiger partial charge in [-0.05, 0) is 66.6 Å². The number of hydrogen-bond acceptors (Lipinski definition) is 4. The van der Waals surface area contributed by atoms with Gasteiger partial charge in [0.15, 0.2) is 0 Å². The lowest BCUT2D eigenvalue weighted by Gasteiger charge is -2.33. The third-order valence-electron chi connectivity index (χ3n) is 4.93. The smallest absolute Gasteiger partial charge is 0.120 e. The lowest BCUT2D eigenvalue weighted by Crippen LogP contribution is -2.39. The predicted octanol–water partition coefficient (Wildman–Crippen LogP) is 5.53. The quantitative estimate of drug-likeness (QED) is 0.478. The van der Waals surface area contributed by atoms with Gasteiger partial charge >= 0.3 is 0 Å². The summed E-state index contributed by atoms with van der Waals surface area (Å²) in [6, 6.07) is 23.6. The molecule has 2 atom stereocenters. The lowest BCUT2D eigenvalue weighted by atomic mass is 9.98. The first-order valence-electron chi connectivity index (χ1n) is 9.65. The number of halogens is 1. The largest absolute Gasteiger partial charge is 0.508 e. The molecule has 0 aromatic heterocycles. The van der Waals surface area contributed by atoms with Crippen LogP contribution in [0.2, 0.25) is 0 Å². The summed E-state index contributed by atoms with van der Waals surface area (Å²) in [4.78, 5) is 0. The van der Waals surface area contributed by atoms with E-state index in [0.29, 0.717) is 6.61 Å². The molecule has 5 heteroatoms. The molecule has 2 unspecified atom stereocenters. The zero-order valence-electron chi connectivity index (χ0n) is 16.1. The van der Waals surface area contributed by atoms with Crippen LogP contribution in [0.3, 0.4) is 0 Å². The Labute approximate surface area is 179 Å². The number of phenolic OH excluding ortho intramolecular Hbond substituents is 1. The van der Waals surface area contributed by atoms with Gasteiger partial charge in [-0.25, -0.2) is 0 Å². The molecule has 0 fully saturated rings. The number of para-hydroxylation sites is 1. The average molecular weight is 451 g/mol. The number of benzene rings is 3. The summed E-state index contributed by atoms with van der Waals surface area (Å²) in [6.07, 6.45) is 2.01. The minimum atomic E-state index is -0.132. The van der Waals surface area contributed by atoms with Crippen molar-refractivity contribution in [2.24, 2.45) is 0 Å². The first-order chi connectivity index (χ1) is 14.1. The van der Waals surface area contributed by atoms with Crippen molar-refractivity contribution >= 4 is 21.6 Å². The number of rotatable bonds is 5. The van der Waals surface area contributed by atoms with Gasteiger partial charge in [0.1, 0.15) is 17.7 Å². The summed E-state index contributed by atoms with van der Waals surface area (Å²) in [6.45, 7) is 2.62. The number of ether oxygens (including phenoxy) is 1. The van der Waals surface area contributed by atoms with E-state index < -0.39 is 0 Å². The van der Waals surface area contributed by atoms with Crippen molar-refractivity contribution in [3.63, 3.8) is 0 Å². The third-order valence-corrected chi connectivity index (χ3v) is 5.46. The normalized spacial score (nSPS) is 18.6. The van der Waals surface area contributed by atoms with E-state index in [1.807, 2.05) is 49.4 Å². The molecule has 4 nitrogen and oxygen atoms in total. The van der Waals surface area contributed by atoms with Crippen LogP contribution in [-0.4, -0.2) is 11.7 Å². The van der Waals surface area contributed by atoms with Crippen LogP contribution in [0.25, 0.3) is 5.70 Å². The zero-order valence-corrected chi connectivity index (χ0v) is 17.7. The molecule has 0 saturated heterocycles.